The summed E-state index contributed by atoms with van der Waals surface area (Å²) in [4.78, 5) is 2.47. The molecule has 2 nitrogen and oxygen atoms in total. The highest BCUT2D eigenvalue weighted by Crippen LogP contribution is 2.21. The van der Waals surface area contributed by atoms with Crippen molar-refractivity contribution in [2.45, 2.75) is 51.6 Å². The summed E-state index contributed by atoms with van der Waals surface area (Å²) in [6, 6.07) is 1.21. The molecule has 0 aromatic rings. The van der Waals surface area contributed by atoms with Gasteiger partial charge in [0.15, 0.2) is 0 Å². The van der Waals surface area contributed by atoms with Gasteiger partial charge in [-0.3, -0.25) is 4.90 Å². The van der Waals surface area contributed by atoms with E-state index in [1.807, 2.05) is 0 Å². The van der Waals surface area contributed by atoms with E-state index in [1.54, 1.807) is 0 Å². The van der Waals surface area contributed by atoms with Crippen LogP contribution in [0.4, 0.5) is 0 Å². The van der Waals surface area contributed by atoms with Gasteiger partial charge in [-0.1, -0.05) is 11.6 Å². The van der Waals surface area contributed by atoms with E-state index in [0.717, 1.165) is 12.6 Å². The lowest BCUT2D eigenvalue weighted by molar-refractivity contribution is 0.195. The standard InChI is InChI=1S/C12H24N2/c1-4-10(2)9-14(3)12-7-5-11(13)6-8-12/h4,11-12H,5-9,13H2,1-3H3/b10-4+. The first-order valence-electron chi connectivity index (χ1n) is 5.71. The molecule has 1 fully saturated rings. The van der Waals surface area contributed by atoms with E-state index in [9.17, 15) is 0 Å². The Balaban J connectivity index is 2.34. The maximum Gasteiger partial charge on any atom is 0.0189 e. The average Bonchev–Trinajstić information content (AvgIpc) is 2.18. The maximum absolute atomic E-state index is 5.89. The van der Waals surface area contributed by atoms with Crippen LogP contribution in [-0.2, 0) is 0 Å². The van der Waals surface area contributed by atoms with Crippen molar-refractivity contribution in [3.63, 3.8) is 0 Å². The summed E-state index contributed by atoms with van der Waals surface area (Å²) in [5.74, 6) is 0. The Morgan fingerprint density at radius 2 is 1.93 bits per heavy atom. The Morgan fingerprint density at radius 3 is 2.43 bits per heavy atom. The molecule has 0 saturated heterocycles. The monoisotopic (exact) mass is 196 g/mol. The third-order valence-electron chi connectivity index (χ3n) is 3.36. The quantitative estimate of drug-likeness (QED) is 0.701. The topological polar surface area (TPSA) is 29.3 Å². The smallest absolute Gasteiger partial charge is 0.0189 e. The Morgan fingerprint density at radius 1 is 1.36 bits per heavy atom. The minimum absolute atomic E-state index is 0.461. The molecule has 1 saturated carbocycles. The summed E-state index contributed by atoms with van der Waals surface area (Å²) in [6.07, 6.45) is 7.14. The normalized spacial score (nSPS) is 29.6. The molecule has 2 heteroatoms. The molecule has 0 aromatic heterocycles. The van der Waals surface area contributed by atoms with Crippen LogP contribution >= 0.6 is 0 Å². The minimum atomic E-state index is 0.461. The first-order chi connectivity index (χ1) is 6.63. The van der Waals surface area contributed by atoms with Gasteiger partial charge in [-0.25, -0.2) is 0 Å². The first kappa shape index (κ1) is 11.7. The Labute approximate surface area is 88.2 Å². The molecule has 0 amide bonds. The largest absolute Gasteiger partial charge is 0.328 e. The molecule has 82 valence electrons. The van der Waals surface area contributed by atoms with Crippen LogP contribution in [0.3, 0.4) is 0 Å². The van der Waals surface area contributed by atoms with Gasteiger partial charge in [0.1, 0.15) is 0 Å². The van der Waals surface area contributed by atoms with E-state index >= 15 is 0 Å². The third-order valence-corrected chi connectivity index (χ3v) is 3.36. The molecule has 0 aliphatic heterocycles. The SMILES string of the molecule is C/C=C(\C)CN(C)C1CCC(N)CC1. The highest BCUT2D eigenvalue weighted by atomic mass is 15.1. The van der Waals surface area contributed by atoms with Crippen LogP contribution in [0.2, 0.25) is 0 Å². The van der Waals surface area contributed by atoms with Gasteiger partial charge in [0.2, 0.25) is 0 Å². The Bertz CT molecular complexity index is 190. The molecule has 0 heterocycles. The van der Waals surface area contributed by atoms with Crippen LogP contribution in [0.15, 0.2) is 11.6 Å². The highest BCUT2D eigenvalue weighted by molar-refractivity contribution is 4.99. The summed E-state index contributed by atoms with van der Waals surface area (Å²) in [5.41, 5.74) is 7.36. The van der Waals surface area contributed by atoms with Crippen molar-refractivity contribution in [1.82, 2.24) is 4.90 Å². The number of rotatable bonds is 3. The number of nitrogens with two attached hydrogens (primary N) is 1. The number of likely N-dealkylation sites (N-methyl/N-ethyl adjacent to an activating group) is 1. The zero-order valence-electron chi connectivity index (χ0n) is 9.79. The summed E-state index contributed by atoms with van der Waals surface area (Å²) in [7, 11) is 2.23. The maximum atomic E-state index is 5.89. The van der Waals surface area contributed by atoms with Crippen LogP contribution in [0.5, 0.6) is 0 Å². The van der Waals surface area contributed by atoms with Crippen LogP contribution < -0.4 is 5.73 Å². The summed E-state index contributed by atoms with van der Waals surface area (Å²) in [5, 5.41) is 0. The number of hydrogen-bond acceptors (Lipinski definition) is 2. The fourth-order valence-electron chi connectivity index (χ4n) is 2.16. The summed E-state index contributed by atoms with van der Waals surface area (Å²) >= 11 is 0. The molecule has 0 radical (unpaired) electrons. The third kappa shape index (κ3) is 3.43. The second-order valence-electron chi connectivity index (χ2n) is 4.62. The van der Waals surface area contributed by atoms with Gasteiger partial charge in [-0.15, -0.1) is 0 Å². The van der Waals surface area contributed by atoms with Crippen molar-refractivity contribution in [3.05, 3.63) is 11.6 Å². The second-order valence-corrected chi connectivity index (χ2v) is 4.62. The van der Waals surface area contributed by atoms with Crippen molar-refractivity contribution in [1.29, 1.82) is 0 Å². The fraction of sp³-hybridized carbons (Fsp3) is 0.833. The van der Waals surface area contributed by atoms with Gasteiger partial charge in [0.05, 0.1) is 0 Å². The van der Waals surface area contributed by atoms with Gasteiger partial charge in [-0.2, -0.15) is 0 Å². The average molecular weight is 196 g/mol. The molecular weight excluding hydrogens is 172 g/mol. The molecule has 1 aliphatic carbocycles. The van der Waals surface area contributed by atoms with Crippen molar-refractivity contribution in [2.75, 3.05) is 13.6 Å². The van der Waals surface area contributed by atoms with Crippen LogP contribution in [0, 0.1) is 0 Å². The lowest BCUT2D eigenvalue weighted by atomic mass is 9.91. The van der Waals surface area contributed by atoms with E-state index in [1.165, 1.54) is 31.3 Å². The van der Waals surface area contributed by atoms with Gasteiger partial charge in [-0.05, 0) is 46.6 Å². The van der Waals surface area contributed by atoms with Crippen LogP contribution in [0.1, 0.15) is 39.5 Å². The van der Waals surface area contributed by atoms with Gasteiger partial charge >= 0.3 is 0 Å². The zero-order chi connectivity index (χ0) is 10.6. The van der Waals surface area contributed by atoms with E-state index < -0.39 is 0 Å². The van der Waals surface area contributed by atoms with E-state index in [-0.39, 0.29) is 0 Å². The van der Waals surface area contributed by atoms with Crippen molar-refractivity contribution < 1.29 is 0 Å². The van der Waals surface area contributed by atoms with Crippen molar-refractivity contribution in [3.8, 4) is 0 Å². The molecule has 0 bridgehead atoms. The summed E-state index contributed by atoms with van der Waals surface area (Å²) in [6.45, 7) is 5.42. The lowest BCUT2D eigenvalue weighted by Gasteiger charge is -2.33. The van der Waals surface area contributed by atoms with Crippen molar-refractivity contribution in [2.24, 2.45) is 5.73 Å². The second kappa shape index (κ2) is 5.52. The molecule has 0 unspecified atom stereocenters. The molecule has 14 heavy (non-hydrogen) atoms. The number of hydrogen-bond donors (Lipinski definition) is 1. The molecule has 1 aliphatic rings. The first-order valence-corrected chi connectivity index (χ1v) is 5.71. The van der Waals surface area contributed by atoms with Gasteiger partial charge < -0.3 is 5.73 Å². The van der Waals surface area contributed by atoms with Gasteiger partial charge in [0, 0.05) is 18.6 Å². The van der Waals surface area contributed by atoms with E-state index in [0.29, 0.717) is 6.04 Å². The van der Waals surface area contributed by atoms with E-state index in [2.05, 4.69) is 31.9 Å². The molecular formula is C12H24N2. The predicted octanol–water partition coefficient (Wildman–Crippen LogP) is 2.15. The van der Waals surface area contributed by atoms with Gasteiger partial charge in [0.25, 0.3) is 0 Å². The predicted molar refractivity (Wildman–Crippen MR) is 62.3 cm³/mol. The number of allylic oxidation sites excluding steroid dienone is 1. The van der Waals surface area contributed by atoms with E-state index in [4.69, 9.17) is 5.73 Å². The molecule has 0 spiro atoms. The Hall–Kier alpha value is -0.340. The Kier molecular flexibility index (Phi) is 4.63. The number of nitrogens with zero attached hydrogens (tertiary/aromatic N) is 1. The highest BCUT2D eigenvalue weighted by Gasteiger charge is 2.21. The minimum Gasteiger partial charge on any atom is -0.328 e. The van der Waals surface area contributed by atoms with Crippen LogP contribution in [-0.4, -0.2) is 30.6 Å². The zero-order valence-corrected chi connectivity index (χ0v) is 9.79. The fourth-order valence-corrected chi connectivity index (χ4v) is 2.16. The molecule has 2 N–H and O–H groups in total. The molecule has 0 atom stereocenters. The molecule has 1 rings (SSSR count). The van der Waals surface area contributed by atoms with Crippen LogP contribution in [0.25, 0.3) is 0 Å². The summed E-state index contributed by atoms with van der Waals surface area (Å²) < 4.78 is 0. The van der Waals surface area contributed by atoms with Crippen molar-refractivity contribution >= 4 is 0 Å². The molecule has 0 aromatic carbocycles. The lowest BCUT2D eigenvalue weighted by Crippen LogP contribution is -2.39.